The monoisotopic (exact) mass is 531 g/mol. The number of carbonyl (C=O) groups is 2. The minimum atomic E-state index is -3.53. The molecule has 1 heterocycles. The smallest absolute Gasteiger partial charge is 0.242 e. The summed E-state index contributed by atoms with van der Waals surface area (Å²) < 4.78 is 37.6. The third-order valence-electron chi connectivity index (χ3n) is 6.40. The van der Waals surface area contributed by atoms with Crippen LogP contribution in [0.5, 0.6) is 5.75 Å². The number of amides is 2. The summed E-state index contributed by atoms with van der Waals surface area (Å²) in [6.45, 7) is 5.17. The fourth-order valence-corrected chi connectivity index (χ4v) is 5.22. The Kier molecular flexibility index (Phi) is 10.5. The molecule has 0 aromatic heterocycles. The Balaban J connectivity index is 1.68. The zero-order valence-corrected chi connectivity index (χ0v) is 22.6. The Bertz CT molecular complexity index is 1130. The van der Waals surface area contributed by atoms with Crippen molar-refractivity contribution in [1.29, 1.82) is 0 Å². The summed E-state index contributed by atoms with van der Waals surface area (Å²) in [5.41, 5.74) is 1.72. The van der Waals surface area contributed by atoms with Gasteiger partial charge in [0, 0.05) is 32.7 Å². The lowest BCUT2D eigenvalue weighted by Gasteiger charge is -2.29. The molecule has 2 aromatic rings. The lowest BCUT2D eigenvalue weighted by molar-refractivity contribution is -0.140. The Morgan fingerprint density at radius 1 is 1.11 bits per heavy atom. The third-order valence-corrected chi connectivity index (χ3v) is 7.96. The van der Waals surface area contributed by atoms with Gasteiger partial charge in [0.1, 0.15) is 11.8 Å². The number of aryl methyl sites for hydroxylation is 1. The van der Waals surface area contributed by atoms with E-state index in [9.17, 15) is 18.0 Å². The summed E-state index contributed by atoms with van der Waals surface area (Å²) in [5.74, 6) is 0.318. The molecule has 0 saturated carbocycles. The van der Waals surface area contributed by atoms with Crippen LogP contribution >= 0.6 is 0 Å². The van der Waals surface area contributed by atoms with Gasteiger partial charge < -0.3 is 19.7 Å². The zero-order chi connectivity index (χ0) is 26.8. The Labute approximate surface area is 219 Å². The van der Waals surface area contributed by atoms with Crippen molar-refractivity contribution in [3.05, 3.63) is 59.7 Å². The maximum atomic E-state index is 13.4. The number of ether oxygens (including phenoxy) is 2. The quantitative estimate of drug-likeness (QED) is 0.411. The van der Waals surface area contributed by atoms with Crippen molar-refractivity contribution in [2.24, 2.45) is 0 Å². The van der Waals surface area contributed by atoms with Crippen LogP contribution in [0, 0.1) is 0 Å². The Morgan fingerprint density at radius 3 is 2.38 bits per heavy atom. The Morgan fingerprint density at radius 2 is 1.78 bits per heavy atom. The number of sulfonamides is 1. The van der Waals surface area contributed by atoms with Crippen LogP contribution in [0.2, 0.25) is 0 Å². The molecular formula is C27H37N3O6S. The number of hydrogen-bond acceptors (Lipinski definition) is 6. The summed E-state index contributed by atoms with van der Waals surface area (Å²) in [4.78, 5) is 28.1. The average molecular weight is 532 g/mol. The highest BCUT2D eigenvalue weighted by Crippen LogP contribution is 2.18. The first-order valence-corrected chi connectivity index (χ1v) is 14.1. The molecule has 1 aliphatic rings. The van der Waals surface area contributed by atoms with Crippen LogP contribution < -0.4 is 14.8 Å². The molecule has 202 valence electrons. The van der Waals surface area contributed by atoms with Crippen LogP contribution in [-0.2, 0) is 37.3 Å². The van der Waals surface area contributed by atoms with Crippen molar-refractivity contribution in [2.75, 3.05) is 26.8 Å². The van der Waals surface area contributed by atoms with E-state index in [0.29, 0.717) is 31.9 Å². The van der Waals surface area contributed by atoms with Gasteiger partial charge in [-0.05, 0) is 61.6 Å². The van der Waals surface area contributed by atoms with Gasteiger partial charge >= 0.3 is 0 Å². The van der Waals surface area contributed by atoms with E-state index in [2.05, 4.69) is 10.0 Å². The second-order valence-electron chi connectivity index (χ2n) is 9.07. The molecule has 0 unspecified atom stereocenters. The van der Waals surface area contributed by atoms with Crippen LogP contribution in [0.4, 0.5) is 0 Å². The minimum Gasteiger partial charge on any atom is -0.497 e. The van der Waals surface area contributed by atoms with Gasteiger partial charge in [0.25, 0.3) is 0 Å². The number of nitrogens with zero attached hydrogens (tertiary/aromatic N) is 1. The number of hydrogen-bond donors (Lipinski definition) is 2. The molecule has 1 aliphatic heterocycles. The van der Waals surface area contributed by atoms with Gasteiger partial charge in [-0.15, -0.1) is 0 Å². The number of nitrogens with one attached hydrogen (secondary N) is 2. The number of benzene rings is 2. The third kappa shape index (κ3) is 8.28. The maximum absolute atomic E-state index is 13.4. The predicted molar refractivity (Wildman–Crippen MR) is 141 cm³/mol. The molecule has 3 rings (SSSR count). The minimum absolute atomic E-state index is 0.0150. The molecule has 2 atom stereocenters. The highest BCUT2D eigenvalue weighted by molar-refractivity contribution is 7.89. The summed E-state index contributed by atoms with van der Waals surface area (Å²) in [6.07, 6.45) is 2.52. The van der Waals surface area contributed by atoms with E-state index in [1.54, 1.807) is 38.0 Å². The number of carbonyl (C=O) groups excluding carboxylic acids is 2. The van der Waals surface area contributed by atoms with Crippen molar-refractivity contribution in [3.63, 3.8) is 0 Å². The van der Waals surface area contributed by atoms with Crippen LogP contribution in [0.15, 0.2) is 53.4 Å². The van der Waals surface area contributed by atoms with E-state index in [0.717, 1.165) is 24.0 Å². The van der Waals surface area contributed by atoms with Crippen molar-refractivity contribution < 1.29 is 27.5 Å². The molecule has 10 heteroatoms. The molecule has 2 aromatic carbocycles. The van der Waals surface area contributed by atoms with Crippen molar-refractivity contribution in [2.45, 2.75) is 63.1 Å². The average Bonchev–Trinajstić information content (AvgIpc) is 3.43. The van der Waals surface area contributed by atoms with Gasteiger partial charge in [0.05, 0.1) is 18.1 Å². The van der Waals surface area contributed by atoms with Gasteiger partial charge in [0.2, 0.25) is 21.8 Å². The highest BCUT2D eigenvalue weighted by Gasteiger charge is 2.27. The van der Waals surface area contributed by atoms with Crippen LogP contribution in [0.3, 0.4) is 0 Å². The summed E-state index contributed by atoms with van der Waals surface area (Å²) in [7, 11) is -1.94. The molecule has 2 amide bonds. The van der Waals surface area contributed by atoms with Crippen molar-refractivity contribution >= 4 is 21.8 Å². The number of rotatable bonds is 13. The first kappa shape index (κ1) is 28.6. The lowest BCUT2D eigenvalue weighted by Crippen LogP contribution is -2.49. The molecule has 1 saturated heterocycles. The van der Waals surface area contributed by atoms with E-state index in [1.165, 1.54) is 12.1 Å². The zero-order valence-electron chi connectivity index (χ0n) is 21.7. The van der Waals surface area contributed by atoms with E-state index in [4.69, 9.17) is 9.47 Å². The first-order chi connectivity index (χ1) is 17.7. The SMILES string of the molecule is CCNS(=O)(=O)c1ccc(CCC(=O)N(Cc2ccc(OC)cc2)[C@H](C)C(=O)NC[C@@H]2CCCO2)cc1. The van der Waals surface area contributed by atoms with Crippen LogP contribution in [0.1, 0.15) is 44.2 Å². The number of methoxy groups -OCH3 is 1. The molecule has 0 radical (unpaired) electrons. The van der Waals surface area contributed by atoms with Crippen molar-refractivity contribution in [1.82, 2.24) is 14.9 Å². The fraction of sp³-hybridized carbons (Fsp3) is 0.481. The standard InChI is InChI=1S/C27H37N3O6S/c1-4-29-37(33,34)25-14-9-21(10-15-25)11-16-26(31)30(19-22-7-12-23(35-3)13-8-22)20(2)27(32)28-18-24-6-5-17-36-24/h7-10,12-15,20,24,29H,4-6,11,16-19H2,1-3H3,(H,28,32)/t20-,24+/m1/s1. The molecule has 37 heavy (non-hydrogen) atoms. The van der Waals surface area contributed by atoms with Gasteiger partial charge in [0.15, 0.2) is 0 Å². The highest BCUT2D eigenvalue weighted by atomic mass is 32.2. The second-order valence-corrected chi connectivity index (χ2v) is 10.8. The van der Waals surface area contributed by atoms with Crippen LogP contribution in [0.25, 0.3) is 0 Å². The normalized spacial score (nSPS) is 16.2. The van der Waals surface area contributed by atoms with Gasteiger partial charge in [-0.25, -0.2) is 13.1 Å². The van der Waals surface area contributed by atoms with Crippen LogP contribution in [-0.4, -0.2) is 64.1 Å². The molecule has 2 N–H and O–H groups in total. The lowest BCUT2D eigenvalue weighted by atomic mass is 10.1. The predicted octanol–water partition coefficient (Wildman–Crippen LogP) is 2.64. The van der Waals surface area contributed by atoms with E-state index >= 15 is 0 Å². The summed E-state index contributed by atoms with van der Waals surface area (Å²) in [6, 6.07) is 13.2. The second kappa shape index (κ2) is 13.6. The summed E-state index contributed by atoms with van der Waals surface area (Å²) >= 11 is 0. The van der Waals surface area contributed by atoms with Gasteiger partial charge in [-0.2, -0.15) is 0 Å². The summed E-state index contributed by atoms with van der Waals surface area (Å²) in [5, 5.41) is 2.93. The van der Waals surface area contributed by atoms with Crippen molar-refractivity contribution in [3.8, 4) is 5.75 Å². The molecule has 1 fully saturated rings. The molecular weight excluding hydrogens is 494 g/mol. The molecule has 0 bridgehead atoms. The van der Waals surface area contributed by atoms with Gasteiger partial charge in [-0.3, -0.25) is 9.59 Å². The molecule has 9 nitrogen and oxygen atoms in total. The maximum Gasteiger partial charge on any atom is 0.242 e. The molecule has 0 spiro atoms. The van der Waals surface area contributed by atoms with Gasteiger partial charge in [-0.1, -0.05) is 31.2 Å². The largest absolute Gasteiger partial charge is 0.497 e. The first-order valence-electron chi connectivity index (χ1n) is 12.6. The van der Waals surface area contributed by atoms with E-state index in [-0.39, 0.29) is 35.8 Å². The molecule has 0 aliphatic carbocycles. The topological polar surface area (TPSA) is 114 Å². The van der Waals surface area contributed by atoms with E-state index < -0.39 is 16.1 Å². The fourth-order valence-electron chi connectivity index (χ4n) is 4.18. The van der Waals surface area contributed by atoms with E-state index in [1.807, 2.05) is 24.3 Å². The Hall–Kier alpha value is -2.95.